The second kappa shape index (κ2) is 5.93. The third-order valence-electron chi connectivity index (χ3n) is 4.19. The number of nitrogens with zero attached hydrogens (tertiary/aromatic N) is 3. The molecule has 2 heterocycles. The van der Waals surface area contributed by atoms with Crippen LogP contribution in [0, 0.1) is 0 Å². The van der Waals surface area contributed by atoms with Crippen LogP contribution in [-0.4, -0.2) is 39.7 Å². The Hall–Kier alpha value is -1.53. The lowest BCUT2D eigenvalue weighted by atomic mass is 10.1. The topological polar surface area (TPSA) is 30.3 Å². The third kappa shape index (κ3) is 2.73. The van der Waals surface area contributed by atoms with Gasteiger partial charge in [0.05, 0.1) is 29.3 Å². The molecule has 120 valence electrons. The molecule has 0 unspecified atom stereocenters. The van der Waals surface area contributed by atoms with Gasteiger partial charge in [-0.2, -0.15) is 8.78 Å². The fourth-order valence-electron chi connectivity index (χ4n) is 3.26. The van der Waals surface area contributed by atoms with Crippen LogP contribution in [-0.2, 0) is 4.74 Å². The van der Waals surface area contributed by atoms with Crippen LogP contribution in [0.1, 0.15) is 39.2 Å². The predicted octanol–water partition coefficient (Wildman–Crippen LogP) is 3.60. The van der Waals surface area contributed by atoms with Crippen molar-refractivity contribution in [2.45, 2.75) is 45.6 Å². The van der Waals surface area contributed by atoms with Crippen LogP contribution in [0.5, 0.6) is 0 Å². The van der Waals surface area contributed by atoms with Gasteiger partial charge in [-0.3, -0.25) is 9.47 Å². The molecule has 1 aromatic heterocycles. The number of rotatable bonds is 3. The summed E-state index contributed by atoms with van der Waals surface area (Å²) >= 11 is 0. The van der Waals surface area contributed by atoms with E-state index in [-0.39, 0.29) is 18.2 Å². The number of imidazole rings is 1. The number of fused-ring (bicyclic) bond motifs is 1. The molecule has 0 saturated carbocycles. The van der Waals surface area contributed by atoms with Crippen molar-refractivity contribution in [3.63, 3.8) is 0 Å². The summed E-state index contributed by atoms with van der Waals surface area (Å²) < 4.78 is 33.9. The summed E-state index contributed by atoms with van der Waals surface area (Å²) in [6.45, 7) is 4.79. The van der Waals surface area contributed by atoms with Gasteiger partial charge < -0.3 is 4.74 Å². The Morgan fingerprint density at radius 3 is 2.45 bits per heavy atom. The minimum Gasteiger partial charge on any atom is -0.373 e. The van der Waals surface area contributed by atoms with E-state index in [0.29, 0.717) is 16.9 Å². The molecule has 0 spiro atoms. The number of hydrogen-bond acceptors (Lipinski definition) is 3. The average molecular weight is 309 g/mol. The first-order valence-electron chi connectivity index (χ1n) is 7.62. The smallest absolute Gasteiger partial charge is 0.320 e. The molecule has 22 heavy (non-hydrogen) atoms. The number of halogens is 2. The van der Waals surface area contributed by atoms with E-state index < -0.39 is 6.55 Å². The minimum absolute atomic E-state index is 0.0931. The highest BCUT2D eigenvalue weighted by molar-refractivity contribution is 5.76. The van der Waals surface area contributed by atoms with Crippen molar-refractivity contribution in [3.05, 3.63) is 30.1 Å². The van der Waals surface area contributed by atoms with Crippen LogP contribution in [0.25, 0.3) is 11.0 Å². The van der Waals surface area contributed by atoms with Crippen molar-refractivity contribution in [2.24, 2.45) is 0 Å². The largest absolute Gasteiger partial charge is 0.373 e. The molecule has 0 radical (unpaired) electrons. The highest BCUT2D eigenvalue weighted by Crippen LogP contribution is 2.30. The lowest BCUT2D eigenvalue weighted by molar-refractivity contribution is -0.0809. The van der Waals surface area contributed by atoms with E-state index in [0.717, 1.165) is 17.7 Å². The van der Waals surface area contributed by atoms with E-state index in [9.17, 15) is 8.78 Å². The number of hydrogen-bond donors (Lipinski definition) is 0. The van der Waals surface area contributed by atoms with Gasteiger partial charge in [-0.1, -0.05) is 12.1 Å². The Kier molecular flexibility index (Phi) is 4.14. The number of benzene rings is 1. The van der Waals surface area contributed by atoms with E-state index in [1.807, 2.05) is 26.8 Å². The third-order valence-corrected chi connectivity index (χ3v) is 4.19. The van der Waals surface area contributed by atoms with Gasteiger partial charge in [0, 0.05) is 13.1 Å². The van der Waals surface area contributed by atoms with Crippen molar-refractivity contribution in [1.82, 2.24) is 14.5 Å². The molecule has 3 rings (SSSR count). The first kappa shape index (κ1) is 15.4. The summed E-state index contributed by atoms with van der Waals surface area (Å²) in [5.41, 5.74) is 1.09. The molecule has 1 fully saturated rings. The first-order valence-corrected chi connectivity index (χ1v) is 7.62. The monoisotopic (exact) mass is 309 g/mol. The van der Waals surface area contributed by atoms with Gasteiger partial charge in [0.25, 0.3) is 0 Å². The van der Waals surface area contributed by atoms with Crippen molar-refractivity contribution < 1.29 is 13.5 Å². The molecule has 1 aliphatic rings. The van der Waals surface area contributed by atoms with Gasteiger partial charge in [-0.05, 0) is 32.9 Å². The van der Waals surface area contributed by atoms with E-state index in [1.165, 1.54) is 0 Å². The Balaban J connectivity index is 1.99. The van der Waals surface area contributed by atoms with Gasteiger partial charge in [-0.25, -0.2) is 4.98 Å². The molecule has 0 N–H and O–H groups in total. The molecule has 0 aliphatic carbocycles. The second-order valence-corrected chi connectivity index (χ2v) is 5.99. The van der Waals surface area contributed by atoms with Crippen LogP contribution in [0.2, 0.25) is 0 Å². The molecule has 1 aliphatic heterocycles. The summed E-state index contributed by atoms with van der Waals surface area (Å²) in [5.74, 6) is 0.414. The molecule has 3 atom stereocenters. The van der Waals surface area contributed by atoms with Gasteiger partial charge >= 0.3 is 6.55 Å². The lowest BCUT2D eigenvalue weighted by Gasteiger charge is -2.38. The fraction of sp³-hybridized carbons (Fsp3) is 0.562. The molecule has 4 nitrogen and oxygen atoms in total. The molecule has 0 amide bonds. The summed E-state index contributed by atoms with van der Waals surface area (Å²) in [6.07, 6.45) is 0.186. The van der Waals surface area contributed by atoms with Gasteiger partial charge in [0.15, 0.2) is 0 Å². The van der Waals surface area contributed by atoms with E-state index in [2.05, 4.69) is 9.88 Å². The molecule has 6 heteroatoms. The van der Waals surface area contributed by atoms with Crippen LogP contribution < -0.4 is 0 Å². The maximum Gasteiger partial charge on any atom is 0.320 e. The minimum atomic E-state index is -2.60. The fourth-order valence-corrected chi connectivity index (χ4v) is 3.26. The van der Waals surface area contributed by atoms with Gasteiger partial charge in [0.2, 0.25) is 0 Å². The zero-order chi connectivity index (χ0) is 15.9. The van der Waals surface area contributed by atoms with Gasteiger partial charge in [-0.15, -0.1) is 0 Å². The van der Waals surface area contributed by atoms with Crippen molar-refractivity contribution in [1.29, 1.82) is 0 Å². The highest BCUT2D eigenvalue weighted by atomic mass is 19.3. The quantitative estimate of drug-likeness (QED) is 0.868. The van der Waals surface area contributed by atoms with Crippen molar-refractivity contribution in [3.8, 4) is 0 Å². The second-order valence-electron chi connectivity index (χ2n) is 5.99. The predicted molar refractivity (Wildman–Crippen MR) is 81.0 cm³/mol. The zero-order valence-corrected chi connectivity index (χ0v) is 13.0. The lowest BCUT2D eigenvalue weighted by Crippen LogP contribution is -2.46. The first-order chi connectivity index (χ1) is 10.5. The van der Waals surface area contributed by atoms with Crippen LogP contribution in [0.4, 0.5) is 8.78 Å². The number of ether oxygens (including phenoxy) is 1. The molecular weight excluding hydrogens is 288 g/mol. The van der Waals surface area contributed by atoms with Crippen LogP contribution in [0.3, 0.4) is 0 Å². The Morgan fingerprint density at radius 1 is 1.18 bits per heavy atom. The normalized spacial score (nSPS) is 25.0. The van der Waals surface area contributed by atoms with E-state index >= 15 is 0 Å². The molecule has 0 bridgehead atoms. The Bertz CT molecular complexity index is 648. The number of para-hydroxylation sites is 2. The molecule has 2 aromatic rings. The summed E-state index contributed by atoms with van der Waals surface area (Å²) in [6, 6.07) is 6.86. The number of morpholine rings is 1. The average Bonchev–Trinajstić information content (AvgIpc) is 2.84. The standard InChI is InChI=1S/C16H21F2N3O/c1-10-8-20(9-11(2)22-10)12(3)15-19-13-6-4-5-7-14(13)21(15)16(17)18/h4-7,10-12,16H,8-9H2,1-3H3/t10-,11-,12+/m1/s1. The summed E-state index contributed by atoms with van der Waals surface area (Å²) in [4.78, 5) is 6.63. The van der Waals surface area contributed by atoms with Crippen molar-refractivity contribution >= 4 is 11.0 Å². The zero-order valence-electron chi connectivity index (χ0n) is 13.0. The maximum atomic E-state index is 13.6. The van der Waals surface area contributed by atoms with Crippen molar-refractivity contribution in [2.75, 3.05) is 13.1 Å². The van der Waals surface area contributed by atoms with Crippen LogP contribution >= 0.6 is 0 Å². The molecule has 1 saturated heterocycles. The molecule has 1 aromatic carbocycles. The van der Waals surface area contributed by atoms with Gasteiger partial charge in [0.1, 0.15) is 5.82 Å². The summed E-state index contributed by atoms with van der Waals surface area (Å²) in [7, 11) is 0. The Morgan fingerprint density at radius 2 is 1.82 bits per heavy atom. The molecular formula is C16H21F2N3O. The summed E-state index contributed by atoms with van der Waals surface area (Å²) in [5, 5.41) is 0. The van der Waals surface area contributed by atoms with E-state index in [4.69, 9.17) is 4.74 Å². The number of aromatic nitrogens is 2. The van der Waals surface area contributed by atoms with E-state index in [1.54, 1.807) is 18.2 Å². The number of alkyl halides is 2. The highest BCUT2D eigenvalue weighted by Gasteiger charge is 2.30. The SMILES string of the molecule is C[C@@H]1CN([C@@H](C)c2nc3ccccc3n2C(F)F)C[C@@H](C)O1. The van der Waals surface area contributed by atoms with Crippen LogP contribution in [0.15, 0.2) is 24.3 Å². The maximum absolute atomic E-state index is 13.6. The Labute approximate surface area is 128 Å².